The van der Waals surface area contributed by atoms with Crippen molar-refractivity contribution in [3.8, 4) is 5.75 Å². The zero-order valence-corrected chi connectivity index (χ0v) is 12.6. The van der Waals surface area contributed by atoms with Gasteiger partial charge in [-0.2, -0.15) is 0 Å². The lowest BCUT2D eigenvalue weighted by Gasteiger charge is -2.09. The fourth-order valence-electron chi connectivity index (χ4n) is 1.35. The number of methoxy groups -OCH3 is 1. The first-order valence-corrected chi connectivity index (χ1v) is 6.64. The van der Waals surface area contributed by atoms with Crippen molar-refractivity contribution in [3.05, 3.63) is 26.6 Å². The van der Waals surface area contributed by atoms with E-state index >= 15 is 0 Å². The molecule has 0 aliphatic heterocycles. The van der Waals surface area contributed by atoms with Crippen LogP contribution in [0.3, 0.4) is 0 Å². The van der Waals surface area contributed by atoms with E-state index in [0.717, 1.165) is 20.3 Å². The third-order valence-corrected chi connectivity index (χ3v) is 3.32. The Bertz CT molecular complexity index is 387. The maximum Gasteiger partial charge on any atom is 0.218 e. The van der Waals surface area contributed by atoms with Crippen LogP contribution in [0.4, 0.5) is 0 Å². The molecule has 1 rings (SSSR count). The Kier molecular flexibility index (Phi) is 5.94. The number of benzene rings is 1. The summed E-state index contributed by atoms with van der Waals surface area (Å²) in [6.45, 7) is 1.26. The Balaban J connectivity index is 2.58. The third-order valence-electron chi connectivity index (χ3n) is 2.14. The van der Waals surface area contributed by atoms with Gasteiger partial charge in [0.1, 0.15) is 5.75 Å². The van der Waals surface area contributed by atoms with E-state index in [1.807, 2.05) is 12.1 Å². The van der Waals surface area contributed by atoms with Crippen LogP contribution in [0.1, 0.15) is 12.0 Å². The summed E-state index contributed by atoms with van der Waals surface area (Å²) < 4.78 is 6.99. The Labute approximate surface area is 117 Å². The second-order valence-electron chi connectivity index (χ2n) is 3.49. The van der Waals surface area contributed by atoms with Crippen molar-refractivity contribution in [1.82, 2.24) is 5.32 Å². The van der Waals surface area contributed by atoms with E-state index in [0.29, 0.717) is 19.5 Å². The highest BCUT2D eigenvalue weighted by molar-refractivity contribution is 9.11. The normalized spacial score (nSPS) is 10.3. The number of nitrogens with two attached hydrogens (primary N) is 1. The number of hydrogen-bond acceptors (Lipinski definition) is 3. The number of nitrogens with one attached hydrogen (secondary N) is 1. The van der Waals surface area contributed by atoms with E-state index in [2.05, 4.69) is 37.2 Å². The molecule has 0 unspecified atom stereocenters. The van der Waals surface area contributed by atoms with E-state index in [-0.39, 0.29) is 5.91 Å². The molecule has 0 saturated carbocycles. The molecule has 0 saturated heterocycles. The fraction of sp³-hybridized carbons (Fsp3) is 0.364. The minimum absolute atomic E-state index is 0.297. The Hall–Kier alpha value is -0.590. The van der Waals surface area contributed by atoms with Crippen molar-refractivity contribution >= 4 is 37.8 Å². The zero-order valence-electron chi connectivity index (χ0n) is 9.43. The van der Waals surface area contributed by atoms with Gasteiger partial charge in [-0.3, -0.25) is 4.79 Å². The molecule has 0 aliphatic rings. The molecular weight excluding hydrogens is 352 g/mol. The largest absolute Gasteiger partial charge is 0.494 e. The number of ether oxygens (including phenoxy) is 1. The zero-order chi connectivity index (χ0) is 12.8. The predicted molar refractivity (Wildman–Crippen MR) is 73.9 cm³/mol. The summed E-state index contributed by atoms with van der Waals surface area (Å²) in [6.07, 6.45) is 0.346. The first-order chi connectivity index (χ1) is 8.04. The number of halogens is 2. The van der Waals surface area contributed by atoms with Gasteiger partial charge < -0.3 is 15.8 Å². The van der Waals surface area contributed by atoms with Crippen molar-refractivity contribution < 1.29 is 9.53 Å². The molecule has 0 bridgehead atoms. The van der Waals surface area contributed by atoms with Gasteiger partial charge in [-0.05, 0) is 49.6 Å². The molecule has 3 N–H and O–H groups in total. The van der Waals surface area contributed by atoms with Gasteiger partial charge in [0.05, 0.1) is 16.1 Å². The third kappa shape index (κ3) is 4.65. The van der Waals surface area contributed by atoms with Gasteiger partial charge in [-0.15, -0.1) is 0 Å². The first-order valence-electron chi connectivity index (χ1n) is 5.05. The highest BCUT2D eigenvalue weighted by atomic mass is 79.9. The molecule has 0 aliphatic carbocycles. The van der Waals surface area contributed by atoms with Gasteiger partial charge in [0.15, 0.2) is 0 Å². The lowest BCUT2D eigenvalue weighted by Crippen LogP contribution is -2.21. The molecule has 0 aromatic heterocycles. The van der Waals surface area contributed by atoms with Gasteiger partial charge in [-0.25, -0.2) is 0 Å². The van der Waals surface area contributed by atoms with Crippen LogP contribution < -0.4 is 15.8 Å². The summed E-state index contributed by atoms with van der Waals surface area (Å²) in [5.41, 5.74) is 6.14. The number of hydrogen-bond donors (Lipinski definition) is 2. The van der Waals surface area contributed by atoms with E-state index in [4.69, 9.17) is 10.5 Å². The second-order valence-corrected chi connectivity index (χ2v) is 5.19. The summed E-state index contributed by atoms with van der Waals surface area (Å²) in [7, 11) is 1.62. The molecule has 0 radical (unpaired) electrons. The monoisotopic (exact) mass is 364 g/mol. The number of carbonyl (C=O) groups excluding carboxylic acids is 1. The van der Waals surface area contributed by atoms with Gasteiger partial charge in [0, 0.05) is 19.5 Å². The second kappa shape index (κ2) is 6.98. The van der Waals surface area contributed by atoms with Crippen molar-refractivity contribution in [1.29, 1.82) is 0 Å². The molecule has 1 amide bonds. The molecule has 94 valence electrons. The maximum absolute atomic E-state index is 10.6. The summed E-state index contributed by atoms with van der Waals surface area (Å²) in [5, 5.41) is 3.14. The lowest BCUT2D eigenvalue weighted by molar-refractivity contribution is -0.117. The van der Waals surface area contributed by atoms with Crippen LogP contribution in [0.25, 0.3) is 0 Å². The minimum Gasteiger partial charge on any atom is -0.494 e. The summed E-state index contributed by atoms with van der Waals surface area (Å²) in [4.78, 5) is 10.6. The maximum atomic E-state index is 10.6. The van der Waals surface area contributed by atoms with Gasteiger partial charge in [-0.1, -0.05) is 0 Å². The summed E-state index contributed by atoms with van der Waals surface area (Å²) in [5.74, 6) is 0.473. The average molecular weight is 366 g/mol. The van der Waals surface area contributed by atoms with Gasteiger partial charge in [0.2, 0.25) is 5.91 Å². The SMILES string of the molecule is COc1c(Br)cc(CNCCC(N)=O)cc1Br. The highest BCUT2D eigenvalue weighted by Gasteiger charge is 2.07. The number of amides is 1. The van der Waals surface area contributed by atoms with Gasteiger partial charge >= 0.3 is 0 Å². The number of carbonyl (C=O) groups is 1. The standard InChI is InChI=1S/C11H14Br2N2O2/c1-17-11-8(12)4-7(5-9(11)13)6-15-3-2-10(14)16/h4-5,15H,2-3,6H2,1H3,(H2,14,16). The molecule has 0 fully saturated rings. The Morgan fingerprint density at radius 1 is 1.41 bits per heavy atom. The predicted octanol–water partition coefficient (Wildman–Crippen LogP) is 2.19. The van der Waals surface area contributed by atoms with Crippen LogP contribution >= 0.6 is 31.9 Å². The van der Waals surface area contributed by atoms with Crippen molar-refractivity contribution in [3.63, 3.8) is 0 Å². The van der Waals surface area contributed by atoms with Crippen LogP contribution in [-0.2, 0) is 11.3 Å². The van der Waals surface area contributed by atoms with E-state index in [9.17, 15) is 4.79 Å². The Morgan fingerprint density at radius 3 is 2.47 bits per heavy atom. The molecule has 1 aromatic rings. The summed E-state index contributed by atoms with van der Waals surface area (Å²) in [6, 6.07) is 3.95. The topological polar surface area (TPSA) is 64.3 Å². The van der Waals surface area contributed by atoms with E-state index in [1.54, 1.807) is 7.11 Å². The van der Waals surface area contributed by atoms with Gasteiger partial charge in [0.25, 0.3) is 0 Å². The highest BCUT2D eigenvalue weighted by Crippen LogP contribution is 2.34. The molecule has 1 aromatic carbocycles. The molecule has 0 heterocycles. The number of primary amides is 1. The van der Waals surface area contributed by atoms with E-state index < -0.39 is 0 Å². The average Bonchev–Trinajstić information content (AvgIpc) is 2.24. The van der Waals surface area contributed by atoms with E-state index in [1.165, 1.54) is 0 Å². The molecule has 17 heavy (non-hydrogen) atoms. The van der Waals surface area contributed by atoms with Crippen LogP contribution in [0.15, 0.2) is 21.1 Å². The molecular formula is C11H14Br2N2O2. The van der Waals surface area contributed by atoms with Crippen LogP contribution in [0.5, 0.6) is 5.75 Å². The van der Waals surface area contributed by atoms with Crippen LogP contribution in [-0.4, -0.2) is 19.6 Å². The van der Waals surface area contributed by atoms with Crippen molar-refractivity contribution in [2.45, 2.75) is 13.0 Å². The smallest absolute Gasteiger partial charge is 0.218 e. The lowest BCUT2D eigenvalue weighted by atomic mass is 10.2. The van der Waals surface area contributed by atoms with Crippen LogP contribution in [0.2, 0.25) is 0 Å². The van der Waals surface area contributed by atoms with Crippen molar-refractivity contribution in [2.24, 2.45) is 5.73 Å². The molecule has 0 atom stereocenters. The molecule has 4 nitrogen and oxygen atoms in total. The first kappa shape index (κ1) is 14.5. The number of rotatable bonds is 6. The van der Waals surface area contributed by atoms with Crippen molar-refractivity contribution in [2.75, 3.05) is 13.7 Å². The quantitative estimate of drug-likeness (QED) is 0.759. The van der Waals surface area contributed by atoms with Crippen LogP contribution in [0, 0.1) is 0 Å². The fourth-order valence-corrected chi connectivity index (χ4v) is 2.96. The minimum atomic E-state index is -0.297. The Morgan fingerprint density at radius 2 is 2.00 bits per heavy atom. The molecule has 6 heteroatoms. The molecule has 0 spiro atoms. The summed E-state index contributed by atoms with van der Waals surface area (Å²) >= 11 is 6.87.